The average Bonchev–Trinajstić information content (AvgIpc) is 3.56. The normalized spacial score (nSPS) is 11.9. The maximum Gasteiger partial charge on any atom is 0.117 e. The molecule has 0 radical (unpaired) electrons. The second kappa shape index (κ2) is 6.70. The first-order chi connectivity index (χ1) is 16.1. The summed E-state index contributed by atoms with van der Waals surface area (Å²) in [6.45, 7) is 3.94. The van der Waals surface area contributed by atoms with Gasteiger partial charge in [-0.15, -0.1) is 11.3 Å². The highest BCUT2D eigenvalue weighted by molar-refractivity contribution is 7.22. The van der Waals surface area contributed by atoms with Crippen LogP contribution in [0.2, 0.25) is 0 Å². The van der Waals surface area contributed by atoms with Crippen molar-refractivity contribution in [1.82, 2.24) is 29.9 Å². The third-order valence-electron chi connectivity index (χ3n) is 6.11. The topological polar surface area (TPSA) is 83.1 Å². The number of imidazole rings is 2. The maximum atomic E-state index is 4.67. The van der Waals surface area contributed by atoms with Crippen LogP contribution >= 0.6 is 11.3 Å². The van der Waals surface area contributed by atoms with E-state index in [4.69, 9.17) is 0 Å². The number of hydrogen-bond acceptors (Lipinski definition) is 5. The SMILES string of the molecule is Cc1ncc(-c2ccc3cc(-c4ccc5c(c4)c4nccnc4c4nc(C)[nH]c54)sc3c2)[nH]1. The average molecular weight is 447 g/mol. The second-order valence-corrected chi connectivity index (χ2v) is 9.39. The molecule has 0 saturated heterocycles. The Kier molecular flexibility index (Phi) is 3.75. The number of benzene rings is 3. The van der Waals surface area contributed by atoms with Crippen molar-refractivity contribution in [3.05, 3.63) is 72.7 Å². The van der Waals surface area contributed by atoms with Gasteiger partial charge in [0.15, 0.2) is 0 Å². The third kappa shape index (κ3) is 2.79. The molecule has 0 aliphatic rings. The van der Waals surface area contributed by atoms with E-state index in [9.17, 15) is 0 Å². The van der Waals surface area contributed by atoms with Crippen LogP contribution in [0, 0.1) is 13.8 Å². The summed E-state index contributed by atoms with van der Waals surface area (Å²) in [4.78, 5) is 26.2. The monoisotopic (exact) mass is 446 g/mol. The van der Waals surface area contributed by atoms with Gasteiger partial charge in [0, 0.05) is 38.3 Å². The van der Waals surface area contributed by atoms with Gasteiger partial charge in [-0.3, -0.25) is 9.97 Å². The summed E-state index contributed by atoms with van der Waals surface area (Å²) in [5.74, 6) is 1.80. The standard InChI is InChI=1S/C26H18N6S/c1-13-29-12-20(30-13)15-3-4-17-11-22(33-21(17)10-15)16-5-6-18-19(9-16)23-25(28-8-7-27-23)26-24(18)31-14(2)32-26/h3-12H,1-2H3,(H,29,30)(H,31,32). The van der Waals surface area contributed by atoms with E-state index in [0.29, 0.717) is 0 Å². The number of hydrogen-bond donors (Lipinski definition) is 2. The Balaban J connectivity index is 1.43. The lowest BCUT2D eigenvalue weighted by Gasteiger charge is -2.06. The molecule has 0 atom stereocenters. The van der Waals surface area contributed by atoms with Crippen LogP contribution in [0.15, 0.2) is 61.1 Å². The molecule has 158 valence electrons. The van der Waals surface area contributed by atoms with Crippen LogP contribution in [0.1, 0.15) is 11.6 Å². The van der Waals surface area contributed by atoms with Gasteiger partial charge < -0.3 is 9.97 Å². The van der Waals surface area contributed by atoms with E-state index in [1.54, 1.807) is 23.7 Å². The zero-order valence-electron chi connectivity index (χ0n) is 18.0. The summed E-state index contributed by atoms with van der Waals surface area (Å²) in [7, 11) is 0. The number of thiophene rings is 1. The van der Waals surface area contributed by atoms with Gasteiger partial charge in [-0.1, -0.05) is 24.3 Å². The van der Waals surface area contributed by atoms with E-state index in [0.717, 1.165) is 55.7 Å². The highest BCUT2D eigenvalue weighted by Gasteiger charge is 2.15. The zero-order valence-corrected chi connectivity index (χ0v) is 18.8. The molecular weight excluding hydrogens is 428 g/mol. The summed E-state index contributed by atoms with van der Waals surface area (Å²) < 4.78 is 1.25. The van der Waals surface area contributed by atoms with E-state index in [-0.39, 0.29) is 0 Å². The summed E-state index contributed by atoms with van der Waals surface area (Å²) >= 11 is 1.80. The highest BCUT2D eigenvalue weighted by Crippen LogP contribution is 2.39. The van der Waals surface area contributed by atoms with Gasteiger partial charge in [-0.25, -0.2) is 9.97 Å². The Hall–Kier alpha value is -4.10. The van der Waals surface area contributed by atoms with E-state index < -0.39 is 0 Å². The Bertz CT molecular complexity index is 1860. The fourth-order valence-corrected chi connectivity index (χ4v) is 5.68. The van der Waals surface area contributed by atoms with Crippen molar-refractivity contribution >= 4 is 54.3 Å². The van der Waals surface area contributed by atoms with Gasteiger partial charge >= 0.3 is 0 Å². The predicted molar refractivity (Wildman–Crippen MR) is 135 cm³/mol. The summed E-state index contributed by atoms with van der Waals surface area (Å²) in [6.07, 6.45) is 5.36. The third-order valence-corrected chi connectivity index (χ3v) is 7.25. The number of H-pyrrole nitrogens is 2. The number of aryl methyl sites for hydroxylation is 2. The first kappa shape index (κ1) is 18.5. The van der Waals surface area contributed by atoms with Gasteiger partial charge in [-0.2, -0.15) is 0 Å². The van der Waals surface area contributed by atoms with Crippen LogP contribution in [0.5, 0.6) is 0 Å². The van der Waals surface area contributed by atoms with Crippen LogP contribution < -0.4 is 0 Å². The molecule has 2 N–H and O–H groups in total. The minimum absolute atomic E-state index is 0.831. The van der Waals surface area contributed by atoms with Crippen molar-refractivity contribution in [2.45, 2.75) is 13.8 Å². The molecule has 7 aromatic rings. The molecule has 0 amide bonds. The smallest absolute Gasteiger partial charge is 0.117 e. The van der Waals surface area contributed by atoms with Gasteiger partial charge in [0.05, 0.1) is 22.9 Å². The Morgan fingerprint density at radius 1 is 0.727 bits per heavy atom. The number of nitrogens with one attached hydrogen (secondary N) is 2. The molecule has 0 spiro atoms. The molecule has 0 saturated carbocycles. The van der Waals surface area contributed by atoms with Gasteiger partial charge in [-0.05, 0) is 43.0 Å². The lowest BCUT2D eigenvalue weighted by molar-refractivity contribution is 1.15. The number of aromatic nitrogens is 6. The fourth-order valence-electron chi connectivity index (χ4n) is 4.59. The molecule has 0 bridgehead atoms. The number of nitrogens with zero attached hydrogens (tertiary/aromatic N) is 4. The minimum Gasteiger partial charge on any atom is -0.342 e. The first-order valence-corrected chi connectivity index (χ1v) is 11.5. The molecule has 7 heteroatoms. The summed E-state index contributed by atoms with van der Waals surface area (Å²) in [5, 5.41) is 3.43. The van der Waals surface area contributed by atoms with E-state index >= 15 is 0 Å². The van der Waals surface area contributed by atoms with Gasteiger partial charge in [0.25, 0.3) is 0 Å². The molecule has 3 aromatic carbocycles. The first-order valence-electron chi connectivity index (χ1n) is 10.7. The molecule has 33 heavy (non-hydrogen) atoms. The molecular formula is C26H18N6S. The van der Waals surface area contributed by atoms with Crippen LogP contribution in [0.3, 0.4) is 0 Å². The van der Waals surface area contributed by atoms with Crippen LogP contribution in [-0.4, -0.2) is 29.9 Å². The Morgan fingerprint density at radius 2 is 1.58 bits per heavy atom. The predicted octanol–water partition coefficient (Wildman–Crippen LogP) is 6.55. The van der Waals surface area contributed by atoms with E-state index in [2.05, 4.69) is 72.4 Å². The molecule has 0 unspecified atom stereocenters. The van der Waals surface area contributed by atoms with Gasteiger partial charge in [0.2, 0.25) is 0 Å². The van der Waals surface area contributed by atoms with Crippen molar-refractivity contribution < 1.29 is 0 Å². The second-order valence-electron chi connectivity index (χ2n) is 8.31. The molecule has 4 heterocycles. The van der Waals surface area contributed by atoms with Crippen molar-refractivity contribution in [3.8, 4) is 21.7 Å². The minimum atomic E-state index is 0.831. The fraction of sp³-hybridized carbons (Fsp3) is 0.0769. The molecule has 0 fully saturated rings. The lowest BCUT2D eigenvalue weighted by atomic mass is 10.0. The maximum absolute atomic E-state index is 4.67. The molecule has 4 aromatic heterocycles. The van der Waals surface area contributed by atoms with E-state index in [1.165, 1.54) is 20.5 Å². The van der Waals surface area contributed by atoms with Crippen molar-refractivity contribution in [1.29, 1.82) is 0 Å². The highest BCUT2D eigenvalue weighted by atomic mass is 32.1. The largest absolute Gasteiger partial charge is 0.342 e. The Morgan fingerprint density at radius 3 is 2.42 bits per heavy atom. The molecule has 6 nitrogen and oxygen atoms in total. The van der Waals surface area contributed by atoms with Crippen LogP contribution in [0.25, 0.3) is 64.6 Å². The Labute approximate surface area is 192 Å². The van der Waals surface area contributed by atoms with Crippen LogP contribution in [-0.2, 0) is 0 Å². The number of rotatable bonds is 2. The van der Waals surface area contributed by atoms with Crippen molar-refractivity contribution in [2.75, 3.05) is 0 Å². The van der Waals surface area contributed by atoms with Gasteiger partial charge in [0.1, 0.15) is 22.7 Å². The summed E-state index contributed by atoms with van der Waals surface area (Å²) in [6, 6.07) is 15.4. The lowest BCUT2D eigenvalue weighted by Crippen LogP contribution is -1.88. The number of aromatic amines is 2. The quantitative estimate of drug-likeness (QED) is 0.295. The molecule has 7 rings (SSSR count). The van der Waals surface area contributed by atoms with E-state index in [1.807, 2.05) is 20.0 Å². The number of fused-ring (bicyclic) bond motifs is 7. The molecule has 0 aliphatic heterocycles. The summed E-state index contributed by atoms with van der Waals surface area (Å²) in [5.41, 5.74) is 6.96. The van der Waals surface area contributed by atoms with Crippen molar-refractivity contribution in [3.63, 3.8) is 0 Å². The molecule has 0 aliphatic carbocycles. The van der Waals surface area contributed by atoms with Crippen molar-refractivity contribution in [2.24, 2.45) is 0 Å². The van der Waals surface area contributed by atoms with Crippen LogP contribution in [0.4, 0.5) is 0 Å². The zero-order chi connectivity index (χ0) is 22.1.